The summed E-state index contributed by atoms with van der Waals surface area (Å²) in [5.74, 6) is 1.60. The largest absolute Gasteiger partial charge is 0.496 e. The van der Waals surface area contributed by atoms with E-state index in [4.69, 9.17) is 4.74 Å². The fraction of sp³-hybridized carbons (Fsp3) is 0.409. The first-order valence-electron chi connectivity index (χ1n) is 9.65. The number of amides is 1. The molecule has 2 heterocycles. The summed E-state index contributed by atoms with van der Waals surface area (Å²) in [5, 5.41) is 3.10. The molecule has 0 atom stereocenters. The molecule has 1 aliphatic rings. The minimum Gasteiger partial charge on any atom is -0.496 e. The lowest BCUT2D eigenvalue weighted by Crippen LogP contribution is -2.29. The molecule has 1 amide bonds. The van der Waals surface area contributed by atoms with Crippen LogP contribution in [-0.4, -0.2) is 24.1 Å². The van der Waals surface area contributed by atoms with Crippen LogP contribution in [0.4, 0.5) is 0 Å². The number of hydrogen-bond donors (Lipinski definition) is 1. The molecule has 4 nitrogen and oxygen atoms in total. The van der Waals surface area contributed by atoms with Crippen molar-refractivity contribution in [2.45, 2.75) is 39.2 Å². The average molecular weight is 383 g/mol. The van der Waals surface area contributed by atoms with Crippen molar-refractivity contribution >= 4 is 27.5 Å². The van der Waals surface area contributed by atoms with Crippen LogP contribution in [0.3, 0.4) is 0 Å². The lowest BCUT2D eigenvalue weighted by Gasteiger charge is -2.26. The van der Waals surface area contributed by atoms with Crippen LogP contribution >= 0.6 is 11.3 Å². The molecule has 0 aliphatic heterocycles. The van der Waals surface area contributed by atoms with Crippen molar-refractivity contribution in [3.05, 3.63) is 52.5 Å². The van der Waals surface area contributed by atoms with Crippen LogP contribution in [0, 0.1) is 12.8 Å². The van der Waals surface area contributed by atoms with E-state index in [0.717, 1.165) is 30.0 Å². The van der Waals surface area contributed by atoms with E-state index in [9.17, 15) is 4.79 Å². The van der Waals surface area contributed by atoms with E-state index in [-0.39, 0.29) is 5.91 Å². The van der Waals surface area contributed by atoms with Gasteiger partial charge in [0.05, 0.1) is 17.3 Å². The van der Waals surface area contributed by atoms with Crippen molar-refractivity contribution in [2.75, 3.05) is 13.7 Å². The number of hydrogen-bond acceptors (Lipinski definition) is 3. The van der Waals surface area contributed by atoms with E-state index in [0.29, 0.717) is 12.5 Å². The molecule has 0 saturated heterocycles. The van der Waals surface area contributed by atoms with Crippen LogP contribution in [0.2, 0.25) is 0 Å². The van der Waals surface area contributed by atoms with Crippen molar-refractivity contribution in [1.29, 1.82) is 0 Å². The van der Waals surface area contributed by atoms with Gasteiger partial charge in [0.15, 0.2) is 0 Å². The molecule has 1 saturated carbocycles. The Morgan fingerprint density at radius 2 is 2.11 bits per heavy atom. The summed E-state index contributed by atoms with van der Waals surface area (Å²) >= 11 is 1.77. The highest BCUT2D eigenvalue weighted by atomic mass is 32.1. The fourth-order valence-electron chi connectivity index (χ4n) is 3.79. The molecule has 0 spiro atoms. The van der Waals surface area contributed by atoms with Gasteiger partial charge in [-0.2, -0.15) is 0 Å². The second-order valence-electron chi connectivity index (χ2n) is 7.36. The number of carbonyl (C=O) groups is 1. The number of aryl methyl sites for hydroxylation is 1. The van der Waals surface area contributed by atoms with Crippen LogP contribution in [0.15, 0.2) is 36.4 Å². The minimum atomic E-state index is 0.0188. The van der Waals surface area contributed by atoms with Gasteiger partial charge in [-0.05, 0) is 55.9 Å². The molecule has 0 radical (unpaired) electrons. The predicted molar refractivity (Wildman–Crippen MR) is 111 cm³/mol. The van der Waals surface area contributed by atoms with E-state index in [1.54, 1.807) is 18.4 Å². The summed E-state index contributed by atoms with van der Waals surface area (Å²) in [7, 11) is 1.68. The molecule has 1 fully saturated rings. The van der Waals surface area contributed by atoms with Crippen LogP contribution in [0.5, 0.6) is 5.75 Å². The molecule has 0 bridgehead atoms. The Hall–Kier alpha value is -2.27. The van der Waals surface area contributed by atoms with Crippen molar-refractivity contribution in [3.8, 4) is 5.75 Å². The zero-order valence-electron chi connectivity index (χ0n) is 16.0. The number of fused-ring (bicyclic) bond motifs is 1. The maximum atomic E-state index is 12.9. The normalized spacial score (nSPS) is 14.3. The highest BCUT2D eigenvalue weighted by Gasteiger charge is 2.23. The van der Waals surface area contributed by atoms with Crippen LogP contribution in [-0.2, 0) is 13.0 Å². The van der Waals surface area contributed by atoms with Crippen molar-refractivity contribution in [3.63, 3.8) is 0 Å². The molecule has 27 heavy (non-hydrogen) atoms. The average Bonchev–Trinajstić information content (AvgIpc) is 3.14. The van der Waals surface area contributed by atoms with Gasteiger partial charge in [-0.3, -0.25) is 4.79 Å². The smallest absolute Gasteiger partial charge is 0.267 e. The number of methoxy groups -OCH3 is 1. The van der Waals surface area contributed by atoms with Crippen molar-refractivity contribution in [1.82, 2.24) is 9.88 Å². The van der Waals surface area contributed by atoms with E-state index < -0.39 is 0 Å². The maximum absolute atomic E-state index is 12.9. The van der Waals surface area contributed by atoms with Gasteiger partial charge in [0, 0.05) is 18.0 Å². The first kappa shape index (κ1) is 18.1. The van der Waals surface area contributed by atoms with Gasteiger partial charge < -0.3 is 14.6 Å². The number of aromatic nitrogens is 1. The molecule has 0 unspecified atom stereocenters. The SMILES string of the molecule is COc1ccccc1CCNC(=O)c1cc2sc(C)cc2n1CC1CCC1. The molecule has 1 N–H and O–H groups in total. The number of ether oxygens (including phenoxy) is 1. The Labute approximate surface area is 164 Å². The number of rotatable bonds is 7. The molecule has 3 aromatic rings. The number of thiophene rings is 1. The number of nitrogens with one attached hydrogen (secondary N) is 1. The molecular weight excluding hydrogens is 356 g/mol. The number of para-hydroxylation sites is 1. The Morgan fingerprint density at radius 1 is 1.30 bits per heavy atom. The second kappa shape index (κ2) is 7.77. The standard InChI is InChI=1S/C22H26N2O2S/c1-15-12-18-21(27-15)13-19(24(18)14-16-6-5-7-16)22(25)23-11-10-17-8-3-4-9-20(17)26-2/h3-4,8-9,12-13,16H,5-7,10-11,14H2,1-2H3,(H,23,25). The van der Waals surface area contributed by atoms with Gasteiger partial charge in [-0.25, -0.2) is 0 Å². The summed E-state index contributed by atoms with van der Waals surface area (Å²) < 4.78 is 8.84. The third-order valence-electron chi connectivity index (χ3n) is 5.48. The zero-order chi connectivity index (χ0) is 18.8. The minimum absolute atomic E-state index is 0.0188. The molecule has 2 aromatic heterocycles. The lowest BCUT2D eigenvalue weighted by atomic mass is 9.85. The monoisotopic (exact) mass is 382 g/mol. The Balaban J connectivity index is 1.48. The molecule has 4 rings (SSSR count). The van der Waals surface area contributed by atoms with Crippen LogP contribution < -0.4 is 10.1 Å². The highest BCUT2D eigenvalue weighted by molar-refractivity contribution is 7.19. The van der Waals surface area contributed by atoms with Gasteiger partial charge in [0.1, 0.15) is 11.4 Å². The summed E-state index contributed by atoms with van der Waals surface area (Å²) in [6, 6.07) is 12.2. The van der Waals surface area contributed by atoms with Crippen molar-refractivity contribution in [2.24, 2.45) is 5.92 Å². The lowest BCUT2D eigenvalue weighted by molar-refractivity contribution is 0.0943. The van der Waals surface area contributed by atoms with Gasteiger partial charge in [-0.15, -0.1) is 11.3 Å². The molecule has 1 aliphatic carbocycles. The molecule has 1 aromatic carbocycles. The van der Waals surface area contributed by atoms with E-state index >= 15 is 0 Å². The third-order valence-corrected chi connectivity index (χ3v) is 6.47. The molecular formula is C22H26N2O2S. The fourth-order valence-corrected chi connectivity index (χ4v) is 4.76. The first-order chi connectivity index (χ1) is 13.2. The summed E-state index contributed by atoms with van der Waals surface area (Å²) in [6.07, 6.45) is 4.63. The van der Waals surface area contributed by atoms with E-state index in [2.05, 4.69) is 28.9 Å². The number of nitrogens with zero attached hydrogens (tertiary/aromatic N) is 1. The Morgan fingerprint density at radius 3 is 2.85 bits per heavy atom. The highest BCUT2D eigenvalue weighted by Crippen LogP contribution is 2.33. The summed E-state index contributed by atoms with van der Waals surface area (Å²) in [4.78, 5) is 14.2. The quantitative estimate of drug-likeness (QED) is 0.638. The number of carbonyl (C=O) groups excluding carboxylic acids is 1. The second-order valence-corrected chi connectivity index (χ2v) is 8.65. The topological polar surface area (TPSA) is 43.3 Å². The van der Waals surface area contributed by atoms with Crippen molar-refractivity contribution < 1.29 is 9.53 Å². The van der Waals surface area contributed by atoms with Gasteiger partial charge in [0.2, 0.25) is 0 Å². The van der Waals surface area contributed by atoms with Gasteiger partial charge >= 0.3 is 0 Å². The number of benzene rings is 1. The zero-order valence-corrected chi connectivity index (χ0v) is 16.8. The summed E-state index contributed by atoms with van der Waals surface area (Å²) in [5.41, 5.74) is 3.12. The van der Waals surface area contributed by atoms with Crippen LogP contribution in [0.1, 0.15) is 40.2 Å². The van der Waals surface area contributed by atoms with Gasteiger partial charge in [0.25, 0.3) is 5.91 Å². The predicted octanol–water partition coefficient (Wildman–Crippen LogP) is 4.79. The van der Waals surface area contributed by atoms with Gasteiger partial charge in [-0.1, -0.05) is 24.6 Å². The summed E-state index contributed by atoms with van der Waals surface area (Å²) in [6.45, 7) is 3.68. The Kier molecular flexibility index (Phi) is 5.21. The Bertz CT molecular complexity index is 953. The molecule has 5 heteroatoms. The molecule has 142 valence electrons. The maximum Gasteiger partial charge on any atom is 0.267 e. The van der Waals surface area contributed by atoms with E-state index in [1.165, 1.54) is 34.4 Å². The third kappa shape index (κ3) is 3.74. The first-order valence-corrected chi connectivity index (χ1v) is 10.5. The van der Waals surface area contributed by atoms with E-state index in [1.807, 2.05) is 24.3 Å². The van der Waals surface area contributed by atoms with Crippen LogP contribution in [0.25, 0.3) is 10.2 Å².